The van der Waals surface area contributed by atoms with Gasteiger partial charge in [0.25, 0.3) is 0 Å². The van der Waals surface area contributed by atoms with Crippen LogP contribution in [0.3, 0.4) is 0 Å². The first-order valence-corrected chi connectivity index (χ1v) is 14.1. The van der Waals surface area contributed by atoms with Crippen LogP contribution in [0.1, 0.15) is 67.6 Å². The molecule has 0 amide bonds. The molecule has 2 aromatic heterocycles. The van der Waals surface area contributed by atoms with Crippen LogP contribution in [-0.4, -0.2) is 42.8 Å². The van der Waals surface area contributed by atoms with Gasteiger partial charge >= 0.3 is 5.97 Å². The van der Waals surface area contributed by atoms with Crippen LogP contribution >= 0.6 is 15.9 Å². The van der Waals surface area contributed by atoms with Crippen molar-refractivity contribution < 1.29 is 13.9 Å². The summed E-state index contributed by atoms with van der Waals surface area (Å²) in [4.78, 5) is 18.3. The molecule has 1 N–H and O–H groups in total. The van der Waals surface area contributed by atoms with E-state index in [-0.39, 0.29) is 5.97 Å². The third kappa shape index (κ3) is 5.13. The summed E-state index contributed by atoms with van der Waals surface area (Å²) in [5.41, 5.74) is 7.09. The highest BCUT2D eigenvalue weighted by Crippen LogP contribution is 2.48. The summed E-state index contributed by atoms with van der Waals surface area (Å²) in [5.74, 6) is 1.06. The van der Waals surface area contributed by atoms with Crippen LogP contribution in [0.4, 0.5) is 0 Å². The van der Waals surface area contributed by atoms with E-state index in [1.165, 1.54) is 0 Å². The summed E-state index contributed by atoms with van der Waals surface area (Å²) < 4.78 is 14.1. The number of halogens is 1. The molecule has 10 heteroatoms. The topological polar surface area (TPSA) is 112 Å². The number of nitrogens with zero attached hydrogens (tertiary/aromatic N) is 5. The number of carbonyl (C=O) groups is 1. The molecule has 0 bridgehead atoms. The standard InChI is InChI=1S/C29H31BrN6O3/c1-4-7-13-24-31-23(10-5-2)27(29(37)39-6-3)36(24)16-21-18-14-15-38-17-22(18)26(30)25(21)19-11-8-9-12-20(19)28-32-34-35-33-28/h8-9,11-12,14-15,17H,4-7,10,13,16H2,1-3H3,(H,32,33,34,35). The smallest absolute Gasteiger partial charge is 0.356 e. The Morgan fingerprint density at radius 2 is 1.87 bits per heavy atom. The summed E-state index contributed by atoms with van der Waals surface area (Å²) in [7, 11) is 0. The minimum atomic E-state index is -0.338. The monoisotopic (exact) mass is 590 g/mol. The Kier molecular flexibility index (Phi) is 8.21. The number of benzene rings is 1. The molecule has 3 heterocycles. The van der Waals surface area contributed by atoms with Gasteiger partial charge in [0.05, 0.1) is 31.4 Å². The van der Waals surface area contributed by atoms with Gasteiger partial charge in [-0.15, -0.1) is 10.2 Å². The van der Waals surface area contributed by atoms with Gasteiger partial charge in [0, 0.05) is 27.6 Å². The summed E-state index contributed by atoms with van der Waals surface area (Å²) in [6.07, 6.45) is 7.78. The van der Waals surface area contributed by atoms with Gasteiger partial charge in [-0.05, 0) is 63.7 Å². The highest BCUT2D eigenvalue weighted by atomic mass is 79.9. The number of unbranched alkanes of at least 4 members (excludes halogenated alkanes) is 1. The minimum Gasteiger partial charge on any atom is -0.472 e. The maximum atomic E-state index is 13.3. The Morgan fingerprint density at radius 3 is 2.59 bits per heavy atom. The summed E-state index contributed by atoms with van der Waals surface area (Å²) in [6.45, 7) is 6.82. The Labute approximate surface area is 235 Å². The molecule has 9 nitrogen and oxygen atoms in total. The molecule has 0 fully saturated rings. The van der Waals surface area contributed by atoms with Crippen molar-refractivity contribution in [2.45, 2.75) is 59.4 Å². The highest BCUT2D eigenvalue weighted by Gasteiger charge is 2.29. The minimum absolute atomic E-state index is 0.301. The molecule has 0 atom stereocenters. The number of imidazole rings is 1. The number of aromatic amines is 1. The molecule has 0 unspecified atom stereocenters. The Hall–Kier alpha value is -3.79. The fraction of sp³-hybridized carbons (Fsp3) is 0.345. The Morgan fingerprint density at radius 1 is 1.05 bits per heavy atom. The van der Waals surface area contributed by atoms with Crippen LogP contribution < -0.4 is 0 Å². The molecule has 2 aliphatic rings. The molecule has 202 valence electrons. The number of aromatic nitrogens is 6. The van der Waals surface area contributed by atoms with Gasteiger partial charge in [-0.2, -0.15) is 5.21 Å². The van der Waals surface area contributed by atoms with E-state index < -0.39 is 0 Å². The van der Waals surface area contributed by atoms with Crippen molar-refractivity contribution in [3.63, 3.8) is 0 Å². The van der Waals surface area contributed by atoms with Gasteiger partial charge in [-0.3, -0.25) is 0 Å². The largest absolute Gasteiger partial charge is 0.472 e. The van der Waals surface area contributed by atoms with Crippen molar-refractivity contribution in [3.8, 4) is 33.6 Å². The van der Waals surface area contributed by atoms with E-state index >= 15 is 0 Å². The molecule has 5 rings (SSSR count). The molecule has 39 heavy (non-hydrogen) atoms. The number of rotatable bonds is 11. The molecule has 1 aliphatic heterocycles. The second-order valence-electron chi connectivity index (χ2n) is 9.32. The maximum Gasteiger partial charge on any atom is 0.356 e. The Bertz CT molecular complexity index is 1540. The fourth-order valence-corrected chi connectivity index (χ4v) is 5.83. The lowest BCUT2D eigenvalue weighted by Gasteiger charge is -2.15. The third-order valence-corrected chi connectivity index (χ3v) is 7.62. The van der Waals surface area contributed by atoms with Crippen molar-refractivity contribution in [1.29, 1.82) is 0 Å². The maximum absolute atomic E-state index is 13.3. The third-order valence-electron chi connectivity index (χ3n) is 6.80. The van der Waals surface area contributed by atoms with E-state index in [1.807, 2.05) is 37.3 Å². The average molecular weight is 592 g/mol. The second kappa shape index (κ2) is 11.9. The van der Waals surface area contributed by atoms with Crippen LogP contribution in [-0.2, 0) is 24.1 Å². The van der Waals surface area contributed by atoms with Gasteiger partial charge < -0.3 is 13.7 Å². The number of hydrogen-bond donors (Lipinski definition) is 1. The lowest BCUT2D eigenvalue weighted by atomic mass is 9.97. The molecule has 0 radical (unpaired) electrons. The number of carbonyl (C=O) groups excluding carboxylic acids is 1. The van der Waals surface area contributed by atoms with E-state index in [0.717, 1.165) is 75.1 Å². The molecule has 0 saturated carbocycles. The van der Waals surface area contributed by atoms with Gasteiger partial charge in [-0.25, -0.2) is 9.78 Å². The second-order valence-corrected chi connectivity index (χ2v) is 10.1. The number of ether oxygens (including phenoxy) is 1. The van der Waals surface area contributed by atoms with E-state index in [2.05, 4.69) is 55.0 Å². The van der Waals surface area contributed by atoms with Crippen molar-refractivity contribution in [3.05, 3.63) is 70.1 Å². The van der Waals surface area contributed by atoms with E-state index in [4.69, 9.17) is 14.1 Å². The molecule has 3 aromatic rings. The van der Waals surface area contributed by atoms with Gasteiger partial charge in [-0.1, -0.05) is 51.0 Å². The number of H-pyrrole nitrogens is 1. The Balaban J connectivity index is 1.75. The lowest BCUT2D eigenvalue weighted by Crippen LogP contribution is -2.17. The highest BCUT2D eigenvalue weighted by molar-refractivity contribution is 9.10. The van der Waals surface area contributed by atoms with Gasteiger partial charge in [0.2, 0.25) is 5.82 Å². The normalized spacial score (nSPS) is 11.4. The van der Waals surface area contributed by atoms with Crippen LogP contribution in [0, 0.1) is 0 Å². The first-order chi connectivity index (χ1) is 19.1. The summed E-state index contributed by atoms with van der Waals surface area (Å²) in [6, 6.07) is 9.94. The lowest BCUT2D eigenvalue weighted by molar-refractivity contribution is 0.0512. The number of aryl methyl sites for hydroxylation is 2. The van der Waals surface area contributed by atoms with Crippen LogP contribution in [0.15, 0.2) is 51.7 Å². The summed E-state index contributed by atoms with van der Waals surface area (Å²) >= 11 is 3.87. The van der Waals surface area contributed by atoms with Gasteiger partial charge in [0.15, 0.2) is 5.69 Å². The molecular formula is C29H31BrN6O3. The first kappa shape index (κ1) is 26.8. The fourth-order valence-electron chi connectivity index (χ4n) is 5.07. The SMILES string of the molecule is CCCCc1nc(CCC)c(C(=O)OCC)n1Cc1c2ccocc-2c(Br)c1-c1ccccc1-c1nn[nH]n1. The number of nitrogens with one attached hydrogen (secondary N) is 1. The van der Waals surface area contributed by atoms with Crippen molar-refractivity contribution in [1.82, 2.24) is 30.2 Å². The zero-order valence-electron chi connectivity index (χ0n) is 22.3. The number of esters is 1. The number of fused-ring (bicyclic) bond motifs is 1. The van der Waals surface area contributed by atoms with Crippen molar-refractivity contribution in [2.75, 3.05) is 6.61 Å². The first-order valence-electron chi connectivity index (χ1n) is 13.3. The molecular weight excluding hydrogens is 560 g/mol. The zero-order chi connectivity index (χ0) is 27.4. The summed E-state index contributed by atoms with van der Waals surface area (Å²) in [5, 5.41) is 14.8. The number of tetrazole rings is 1. The molecule has 0 spiro atoms. The predicted octanol–water partition coefficient (Wildman–Crippen LogP) is 6.71. The van der Waals surface area contributed by atoms with E-state index in [1.54, 1.807) is 12.5 Å². The zero-order valence-corrected chi connectivity index (χ0v) is 23.9. The van der Waals surface area contributed by atoms with Gasteiger partial charge in [0.1, 0.15) is 5.82 Å². The van der Waals surface area contributed by atoms with E-state index in [0.29, 0.717) is 31.1 Å². The average Bonchev–Trinajstić information content (AvgIpc) is 3.66. The van der Waals surface area contributed by atoms with Crippen LogP contribution in [0.2, 0.25) is 0 Å². The van der Waals surface area contributed by atoms with Crippen LogP contribution in [0.25, 0.3) is 33.6 Å². The van der Waals surface area contributed by atoms with Crippen LogP contribution in [0.5, 0.6) is 0 Å². The number of hydrogen-bond acceptors (Lipinski definition) is 7. The quantitative estimate of drug-likeness (QED) is 0.170. The molecule has 0 saturated heterocycles. The van der Waals surface area contributed by atoms with Crippen molar-refractivity contribution in [2.24, 2.45) is 0 Å². The van der Waals surface area contributed by atoms with E-state index in [9.17, 15) is 4.79 Å². The predicted molar refractivity (Wildman–Crippen MR) is 152 cm³/mol. The molecule has 1 aromatic carbocycles. The molecule has 1 aliphatic carbocycles. The van der Waals surface area contributed by atoms with Crippen molar-refractivity contribution >= 4 is 21.9 Å².